The fourth-order valence-electron chi connectivity index (χ4n) is 5.65. The number of carbonyl (C=O) groups is 2. The quantitative estimate of drug-likeness (QED) is 0.586. The van der Waals surface area contributed by atoms with E-state index < -0.39 is 12.1 Å². The number of hydrogen-bond acceptors (Lipinski definition) is 3. The zero-order valence-corrected chi connectivity index (χ0v) is 19.9. The van der Waals surface area contributed by atoms with Crippen LogP contribution in [0.4, 0.5) is 0 Å². The minimum Gasteiger partial charge on any atom is -0.342 e. The molecule has 176 valence electrons. The highest BCUT2D eigenvalue weighted by Crippen LogP contribution is 2.33. The van der Waals surface area contributed by atoms with E-state index in [0.29, 0.717) is 6.54 Å². The summed E-state index contributed by atoms with van der Waals surface area (Å²) in [5.41, 5.74) is 4.46. The predicted octanol–water partition coefficient (Wildman–Crippen LogP) is 3.92. The maximum absolute atomic E-state index is 13.9. The number of piperazine rings is 1. The van der Waals surface area contributed by atoms with Crippen molar-refractivity contribution in [3.8, 4) is 5.69 Å². The van der Waals surface area contributed by atoms with Crippen LogP contribution in [0.3, 0.4) is 0 Å². The molecule has 1 fully saturated rings. The Balaban J connectivity index is 1.42. The average molecular weight is 457 g/mol. The lowest BCUT2D eigenvalue weighted by molar-refractivity contribution is -0.154. The van der Waals surface area contributed by atoms with Gasteiger partial charge in [-0.1, -0.05) is 69.2 Å². The summed E-state index contributed by atoms with van der Waals surface area (Å²) in [6.45, 7) is 4.57. The van der Waals surface area contributed by atoms with E-state index in [1.54, 1.807) is 6.20 Å². The number of para-hydroxylation sites is 1. The highest BCUT2D eigenvalue weighted by atomic mass is 16.2. The molecule has 0 spiro atoms. The number of nitrogens with zero attached hydrogens (tertiary/aromatic N) is 3. The summed E-state index contributed by atoms with van der Waals surface area (Å²) in [6.07, 6.45) is 7.10. The number of nitrogens with one attached hydrogen (secondary N) is 1. The van der Waals surface area contributed by atoms with Gasteiger partial charge in [0.15, 0.2) is 0 Å². The van der Waals surface area contributed by atoms with E-state index in [4.69, 9.17) is 0 Å². The molecule has 2 amide bonds. The Labute approximate surface area is 201 Å². The molecule has 0 radical (unpaired) electrons. The van der Waals surface area contributed by atoms with Crippen LogP contribution < -0.4 is 5.32 Å². The van der Waals surface area contributed by atoms with Crippen molar-refractivity contribution in [2.24, 2.45) is 11.8 Å². The number of carbonyl (C=O) groups excluding carboxylic acids is 2. The zero-order valence-electron chi connectivity index (χ0n) is 19.9. The second kappa shape index (κ2) is 9.45. The highest BCUT2D eigenvalue weighted by Gasteiger charge is 2.47. The molecule has 0 unspecified atom stereocenters. The second-order valence-electron chi connectivity index (χ2n) is 9.54. The number of rotatable bonds is 7. The van der Waals surface area contributed by atoms with Crippen molar-refractivity contribution in [1.82, 2.24) is 20.0 Å². The van der Waals surface area contributed by atoms with Crippen molar-refractivity contribution in [2.45, 2.75) is 58.2 Å². The molecule has 6 nitrogen and oxygen atoms in total. The summed E-state index contributed by atoms with van der Waals surface area (Å²) in [4.78, 5) is 29.2. The predicted molar refractivity (Wildman–Crippen MR) is 131 cm³/mol. The monoisotopic (exact) mass is 456 g/mol. The second-order valence-corrected chi connectivity index (χ2v) is 9.54. The van der Waals surface area contributed by atoms with Crippen LogP contribution in [0.25, 0.3) is 5.69 Å². The van der Waals surface area contributed by atoms with Crippen LogP contribution in [-0.2, 0) is 29.0 Å². The molecule has 1 aliphatic carbocycles. The first kappa shape index (κ1) is 22.4. The first-order chi connectivity index (χ1) is 16.6. The molecule has 3 aromatic rings. The summed E-state index contributed by atoms with van der Waals surface area (Å²) in [5.74, 6) is 0.215. The minimum absolute atomic E-state index is 0.0234. The van der Waals surface area contributed by atoms with E-state index in [1.165, 1.54) is 11.1 Å². The smallest absolute Gasteiger partial charge is 0.246 e. The molecule has 34 heavy (non-hydrogen) atoms. The van der Waals surface area contributed by atoms with Crippen LogP contribution in [0.15, 0.2) is 67.0 Å². The van der Waals surface area contributed by atoms with Gasteiger partial charge in [-0.05, 0) is 47.9 Å². The third kappa shape index (κ3) is 4.13. The van der Waals surface area contributed by atoms with E-state index in [0.717, 1.165) is 36.9 Å². The Morgan fingerprint density at radius 2 is 1.62 bits per heavy atom. The number of hydrogen-bond donors (Lipinski definition) is 1. The first-order valence-electron chi connectivity index (χ1n) is 12.4. The third-order valence-electron chi connectivity index (χ3n) is 7.51. The van der Waals surface area contributed by atoms with Crippen LogP contribution in [0.5, 0.6) is 0 Å². The van der Waals surface area contributed by atoms with Crippen molar-refractivity contribution in [3.63, 3.8) is 0 Å². The number of fused-ring (bicyclic) bond motifs is 1. The summed E-state index contributed by atoms with van der Waals surface area (Å²) < 4.78 is 1.82. The Morgan fingerprint density at radius 1 is 0.971 bits per heavy atom. The van der Waals surface area contributed by atoms with Crippen molar-refractivity contribution in [1.29, 1.82) is 0 Å². The minimum atomic E-state index is -0.491. The molecular formula is C28H32N4O2. The van der Waals surface area contributed by atoms with E-state index in [-0.39, 0.29) is 23.7 Å². The van der Waals surface area contributed by atoms with Crippen LogP contribution in [0, 0.1) is 11.8 Å². The molecule has 2 aliphatic rings. The van der Waals surface area contributed by atoms with Crippen LogP contribution in [0.1, 0.15) is 43.4 Å². The van der Waals surface area contributed by atoms with Gasteiger partial charge in [-0.15, -0.1) is 0 Å². The fraction of sp³-hybridized carbons (Fsp3) is 0.393. The van der Waals surface area contributed by atoms with Gasteiger partial charge in [0.2, 0.25) is 11.8 Å². The van der Waals surface area contributed by atoms with Crippen LogP contribution in [-0.4, -0.2) is 38.6 Å². The van der Waals surface area contributed by atoms with Crippen molar-refractivity contribution < 1.29 is 9.59 Å². The molecule has 0 bridgehead atoms. The molecular weight excluding hydrogens is 424 g/mol. The maximum Gasteiger partial charge on any atom is 0.246 e. The van der Waals surface area contributed by atoms with E-state index >= 15 is 0 Å². The number of benzene rings is 2. The molecule has 2 aromatic carbocycles. The lowest BCUT2D eigenvalue weighted by atomic mass is 9.86. The highest BCUT2D eigenvalue weighted by molar-refractivity contribution is 5.97. The number of aromatic nitrogens is 2. The van der Waals surface area contributed by atoms with Crippen molar-refractivity contribution >= 4 is 11.8 Å². The molecule has 2 heterocycles. The van der Waals surface area contributed by atoms with Gasteiger partial charge in [0.05, 0.1) is 11.9 Å². The van der Waals surface area contributed by atoms with Gasteiger partial charge in [0, 0.05) is 18.3 Å². The van der Waals surface area contributed by atoms with Gasteiger partial charge in [-0.3, -0.25) is 9.59 Å². The van der Waals surface area contributed by atoms with E-state index in [2.05, 4.69) is 36.4 Å². The van der Waals surface area contributed by atoms with Gasteiger partial charge in [-0.25, -0.2) is 4.68 Å². The van der Waals surface area contributed by atoms with Crippen LogP contribution in [0.2, 0.25) is 0 Å². The molecule has 6 heteroatoms. The first-order valence-corrected chi connectivity index (χ1v) is 12.4. The molecule has 1 aromatic heterocycles. The Kier molecular flexibility index (Phi) is 6.22. The summed E-state index contributed by atoms with van der Waals surface area (Å²) in [7, 11) is 0. The maximum atomic E-state index is 13.9. The summed E-state index contributed by atoms with van der Waals surface area (Å²) in [6, 6.07) is 17.3. The van der Waals surface area contributed by atoms with Gasteiger partial charge in [-0.2, -0.15) is 5.10 Å². The lowest BCUT2D eigenvalue weighted by Crippen LogP contribution is -2.66. The lowest BCUT2D eigenvalue weighted by Gasteiger charge is -2.43. The number of amides is 2. The largest absolute Gasteiger partial charge is 0.342 e. The van der Waals surface area contributed by atoms with Crippen molar-refractivity contribution in [3.05, 3.63) is 83.7 Å². The van der Waals surface area contributed by atoms with Gasteiger partial charge >= 0.3 is 0 Å². The third-order valence-corrected chi connectivity index (χ3v) is 7.51. The summed E-state index contributed by atoms with van der Waals surface area (Å²) in [5, 5.41) is 7.65. The molecule has 1 saturated heterocycles. The van der Waals surface area contributed by atoms with Gasteiger partial charge in [0.25, 0.3) is 0 Å². The fourth-order valence-corrected chi connectivity index (χ4v) is 5.65. The normalized spacial score (nSPS) is 20.6. The van der Waals surface area contributed by atoms with Crippen molar-refractivity contribution in [2.75, 3.05) is 0 Å². The topological polar surface area (TPSA) is 67.2 Å². The Bertz CT molecular complexity index is 1140. The molecule has 2 atom stereocenters. The molecule has 1 aliphatic heterocycles. The van der Waals surface area contributed by atoms with E-state index in [1.807, 2.05) is 58.2 Å². The Hall–Kier alpha value is -3.41. The molecule has 1 N–H and O–H groups in total. The standard InChI is InChI=1S/C28H32N4O2/c1-3-20(4-2)26-27(33)30-25(23-14-21-10-8-9-11-22(21)15-23)28(34)31(26)17-19-16-29-32(18-19)24-12-6-5-7-13-24/h5-13,16,18,20,23,25-26H,3-4,14-15,17H2,1-2H3,(H,30,33)/t25-,26-/m1/s1. The van der Waals surface area contributed by atoms with E-state index in [9.17, 15) is 9.59 Å². The Morgan fingerprint density at radius 3 is 2.26 bits per heavy atom. The van der Waals surface area contributed by atoms with Crippen LogP contribution >= 0.6 is 0 Å². The zero-order chi connectivity index (χ0) is 23.7. The molecule has 0 saturated carbocycles. The van der Waals surface area contributed by atoms with Gasteiger partial charge < -0.3 is 10.2 Å². The molecule has 5 rings (SSSR count). The van der Waals surface area contributed by atoms with Gasteiger partial charge in [0.1, 0.15) is 12.1 Å². The summed E-state index contributed by atoms with van der Waals surface area (Å²) >= 11 is 0. The SMILES string of the molecule is CCC(CC)[C@@H]1C(=O)N[C@H](C2Cc3ccccc3C2)C(=O)N1Cc1cnn(-c2ccccc2)c1. The average Bonchev–Trinajstić information content (AvgIpc) is 3.51.